The van der Waals surface area contributed by atoms with Crippen LogP contribution in [0.1, 0.15) is 62.3 Å². The molecular weight excluding hydrogens is 220 g/mol. The SMILES string of the molecule is CCCCC(CC)C(NN)c1ccc(C)c(C)c1. The Morgan fingerprint density at radius 3 is 2.39 bits per heavy atom. The molecule has 1 rings (SSSR count). The molecular formula is C16H28N2. The van der Waals surface area contributed by atoms with E-state index in [4.69, 9.17) is 5.84 Å². The number of aryl methyl sites for hydroxylation is 2. The maximum atomic E-state index is 5.79. The summed E-state index contributed by atoms with van der Waals surface area (Å²) in [6, 6.07) is 6.96. The van der Waals surface area contributed by atoms with Gasteiger partial charge in [0.25, 0.3) is 0 Å². The predicted octanol–water partition coefficient (Wildman–Crippen LogP) is 4.02. The van der Waals surface area contributed by atoms with Crippen LogP contribution in [0.3, 0.4) is 0 Å². The lowest BCUT2D eigenvalue weighted by molar-refractivity contribution is 0.326. The summed E-state index contributed by atoms with van der Waals surface area (Å²) in [4.78, 5) is 0. The van der Waals surface area contributed by atoms with Gasteiger partial charge in [-0.15, -0.1) is 0 Å². The first kappa shape index (κ1) is 15.2. The number of nitrogens with two attached hydrogens (primary N) is 1. The standard InChI is InChI=1S/C16H28N2/c1-5-7-8-14(6-2)16(18-17)15-10-9-12(3)13(4)11-15/h9-11,14,16,18H,5-8,17H2,1-4H3. The molecule has 0 heterocycles. The van der Waals surface area contributed by atoms with Gasteiger partial charge in [-0.2, -0.15) is 0 Å². The summed E-state index contributed by atoms with van der Waals surface area (Å²) in [5.41, 5.74) is 7.04. The molecule has 0 aliphatic rings. The second kappa shape index (κ2) is 7.55. The second-order valence-corrected chi connectivity index (χ2v) is 5.30. The van der Waals surface area contributed by atoms with Crippen molar-refractivity contribution in [2.75, 3.05) is 0 Å². The first-order valence-electron chi connectivity index (χ1n) is 7.17. The number of hydrogen-bond donors (Lipinski definition) is 2. The van der Waals surface area contributed by atoms with Crippen LogP contribution in [0.25, 0.3) is 0 Å². The van der Waals surface area contributed by atoms with Crippen molar-refractivity contribution in [3.8, 4) is 0 Å². The maximum absolute atomic E-state index is 5.79. The number of benzene rings is 1. The van der Waals surface area contributed by atoms with Crippen LogP contribution in [0.15, 0.2) is 18.2 Å². The predicted molar refractivity (Wildman–Crippen MR) is 79.3 cm³/mol. The van der Waals surface area contributed by atoms with Crippen molar-refractivity contribution in [3.63, 3.8) is 0 Å². The van der Waals surface area contributed by atoms with Crippen LogP contribution in [0.5, 0.6) is 0 Å². The van der Waals surface area contributed by atoms with Gasteiger partial charge >= 0.3 is 0 Å². The van der Waals surface area contributed by atoms with E-state index in [9.17, 15) is 0 Å². The van der Waals surface area contributed by atoms with E-state index >= 15 is 0 Å². The lowest BCUT2D eigenvalue weighted by Gasteiger charge is -2.26. The van der Waals surface area contributed by atoms with Crippen LogP contribution < -0.4 is 11.3 Å². The zero-order valence-electron chi connectivity index (χ0n) is 12.3. The third kappa shape index (κ3) is 3.82. The quantitative estimate of drug-likeness (QED) is 0.565. The first-order chi connectivity index (χ1) is 8.63. The summed E-state index contributed by atoms with van der Waals surface area (Å²) in [6.45, 7) is 8.82. The molecule has 0 amide bonds. The fourth-order valence-electron chi connectivity index (χ4n) is 2.54. The monoisotopic (exact) mass is 248 g/mol. The van der Waals surface area contributed by atoms with Crippen LogP contribution in [0.2, 0.25) is 0 Å². The number of hydrazine groups is 1. The van der Waals surface area contributed by atoms with Crippen LogP contribution >= 0.6 is 0 Å². The molecule has 2 atom stereocenters. The molecule has 0 bridgehead atoms. The van der Waals surface area contributed by atoms with Gasteiger partial charge in [-0.25, -0.2) is 0 Å². The Bertz CT molecular complexity index is 360. The Balaban J connectivity index is 2.88. The number of nitrogens with one attached hydrogen (secondary N) is 1. The van der Waals surface area contributed by atoms with E-state index in [0.29, 0.717) is 5.92 Å². The normalized spacial score (nSPS) is 14.5. The summed E-state index contributed by atoms with van der Waals surface area (Å²) in [5, 5.41) is 0. The minimum atomic E-state index is 0.279. The van der Waals surface area contributed by atoms with Crippen LogP contribution in [-0.4, -0.2) is 0 Å². The van der Waals surface area contributed by atoms with Gasteiger partial charge in [-0.1, -0.05) is 51.3 Å². The zero-order chi connectivity index (χ0) is 13.5. The van der Waals surface area contributed by atoms with Gasteiger partial charge in [0, 0.05) is 6.04 Å². The van der Waals surface area contributed by atoms with Crippen LogP contribution in [-0.2, 0) is 0 Å². The molecule has 1 aromatic carbocycles. The molecule has 0 radical (unpaired) electrons. The lowest BCUT2D eigenvalue weighted by atomic mass is 9.86. The third-order valence-electron chi connectivity index (χ3n) is 3.99. The van der Waals surface area contributed by atoms with Crippen molar-refractivity contribution in [2.24, 2.45) is 11.8 Å². The smallest absolute Gasteiger partial charge is 0.0488 e. The molecule has 2 unspecified atom stereocenters. The molecule has 0 spiro atoms. The minimum Gasteiger partial charge on any atom is -0.271 e. The molecule has 2 nitrogen and oxygen atoms in total. The first-order valence-corrected chi connectivity index (χ1v) is 7.17. The zero-order valence-corrected chi connectivity index (χ0v) is 12.3. The molecule has 0 fully saturated rings. The van der Waals surface area contributed by atoms with Crippen molar-refractivity contribution in [1.29, 1.82) is 0 Å². The van der Waals surface area contributed by atoms with E-state index in [1.54, 1.807) is 0 Å². The Kier molecular flexibility index (Phi) is 6.37. The van der Waals surface area contributed by atoms with E-state index in [2.05, 4.69) is 51.3 Å². The lowest BCUT2D eigenvalue weighted by Crippen LogP contribution is -2.33. The van der Waals surface area contributed by atoms with Crippen molar-refractivity contribution in [3.05, 3.63) is 34.9 Å². The number of rotatable bonds is 7. The summed E-state index contributed by atoms with van der Waals surface area (Å²) in [5.74, 6) is 6.41. The van der Waals surface area contributed by atoms with Gasteiger partial charge < -0.3 is 0 Å². The van der Waals surface area contributed by atoms with Gasteiger partial charge in [0.1, 0.15) is 0 Å². The largest absolute Gasteiger partial charge is 0.271 e. The Labute approximate surface area is 112 Å². The molecule has 0 aliphatic heterocycles. The summed E-state index contributed by atoms with van der Waals surface area (Å²) in [6.07, 6.45) is 4.94. The van der Waals surface area contributed by atoms with Gasteiger partial charge in [0.15, 0.2) is 0 Å². The second-order valence-electron chi connectivity index (χ2n) is 5.30. The topological polar surface area (TPSA) is 38.0 Å². The minimum absolute atomic E-state index is 0.279. The summed E-state index contributed by atoms with van der Waals surface area (Å²) < 4.78 is 0. The molecule has 3 N–H and O–H groups in total. The highest BCUT2D eigenvalue weighted by atomic mass is 15.2. The van der Waals surface area contributed by atoms with Gasteiger partial charge in [-0.05, 0) is 42.9 Å². The Morgan fingerprint density at radius 2 is 1.89 bits per heavy atom. The fraction of sp³-hybridized carbons (Fsp3) is 0.625. The molecule has 102 valence electrons. The van der Waals surface area contributed by atoms with Crippen molar-refractivity contribution in [1.82, 2.24) is 5.43 Å². The molecule has 18 heavy (non-hydrogen) atoms. The highest BCUT2D eigenvalue weighted by molar-refractivity contribution is 5.32. The summed E-state index contributed by atoms with van der Waals surface area (Å²) >= 11 is 0. The Morgan fingerprint density at radius 1 is 1.17 bits per heavy atom. The Hall–Kier alpha value is -0.860. The molecule has 2 heteroatoms. The van der Waals surface area contributed by atoms with E-state index in [1.165, 1.54) is 42.4 Å². The van der Waals surface area contributed by atoms with Crippen LogP contribution in [0, 0.1) is 19.8 Å². The molecule has 1 aromatic rings. The fourth-order valence-corrected chi connectivity index (χ4v) is 2.54. The van der Waals surface area contributed by atoms with E-state index in [0.717, 1.165) is 0 Å². The van der Waals surface area contributed by atoms with E-state index in [1.807, 2.05) is 0 Å². The highest BCUT2D eigenvalue weighted by Crippen LogP contribution is 2.29. The summed E-state index contributed by atoms with van der Waals surface area (Å²) in [7, 11) is 0. The number of hydrogen-bond acceptors (Lipinski definition) is 2. The molecule has 0 aromatic heterocycles. The highest BCUT2D eigenvalue weighted by Gasteiger charge is 2.20. The van der Waals surface area contributed by atoms with Crippen molar-refractivity contribution in [2.45, 2.75) is 59.4 Å². The maximum Gasteiger partial charge on any atom is 0.0488 e. The average molecular weight is 248 g/mol. The van der Waals surface area contributed by atoms with E-state index in [-0.39, 0.29) is 6.04 Å². The average Bonchev–Trinajstić information content (AvgIpc) is 2.38. The number of unbranched alkanes of at least 4 members (excludes halogenated alkanes) is 1. The van der Waals surface area contributed by atoms with Crippen molar-refractivity contribution >= 4 is 0 Å². The molecule has 0 aliphatic carbocycles. The molecule has 0 saturated carbocycles. The van der Waals surface area contributed by atoms with Gasteiger partial charge in [-0.3, -0.25) is 11.3 Å². The van der Waals surface area contributed by atoms with E-state index < -0.39 is 0 Å². The third-order valence-corrected chi connectivity index (χ3v) is 3.99. The molecule has 0 saturated heterocycles. The van der Waals surface area contributed by atoms with Gasteiger partial charge in [0.2, 0.25) is 0 Å². The van der Waals surface area contributed by atoms with Crippen LogP contribution in [0.4, 0.5) is 0 Å². The van der Waals surface area contributed by atoms with Gasteiger partial charge in [0.05, 0.1) is 0 Å². The van der Waals surface area contributed by atoms with Crippen molar-refractivity contribution < 1.29 is 0 Å².